The van der Waals surface area contributed by atoms with Gasteiger partial charge in [0.05, 0.1) is 0 Å². The van der Waals surface area contributed by atoms with Gasteiger partial charge in [-0.3, -0.25) is 0 Å². The smallest absolute Gasteiger partial charge is 0.0723 e. The van der Waals surface area contributed by atoms with Crippen LogP contribution in [0, 0.1) is 0 Å². The van der Waals surface area contributed by atoms with Crippen LogP contribution < -0.4 is 0 Å². The lowest BCUT2D eigenvalue weighted by Gasteiger charge is -2.60. The van der Waals surface area contributed by atoms with Crippen LogP contribution in [0.3, 0.4) is 0 Å². The number of rotatable bonds is 13. The molecule has 0 aliphatic carbocycles. The van der Waals surface area contributed by atoms with Gasteiger partial charge < -0.3 is 0 Å². The van der Waals surface area contributed by atoms with Crippen LogP contribution >= 0.6 is 335 Å². The van der Waals surface area contributed by atoms with Gasteiger partial charge in [0.2, 0.25) is 0 Å². The zero-order valence-corrected chi connectivity index (χ0v) is 59.6. The average Bonchev–Trinajstić information content (AvgIpc) is 3.13. The van der Waals surface area contributed by atoms with E-state index in [1.54, 1.807) is 0 Å². The van der Waals surface area contributed by atoms with Crippen LogP contribution in [0.4, 0.5) is 0 Å². The first kappa shape index (κ1) is 54.6. The van der Waals surface area contributed by atoms with Gasteiger partial charge in [-0.05, 0) is 76.1 Å². The molecule has 55 heavy (non-hydrogen) atoms. The van der Waals surface area contributed by atoms with E-state index in [2.05, 4.69) is 377 Å². The fourth-order valence-corrected chi connectivity index (χ4v) is 26.6. The van der Waals surface area contributed by atoms with E-state index in [4.69, 9.17) is 0 Å². The molecule has 0 amide bonds. The Bertz CT molecular complexity index is 1940. The van der Waals surface area contributed by atoms with Crippen molar-refractivity contribution >= 4 is 335 Å². The van der Waals surface area contributed by atoms with Crippen LogP contribution in [-0.4, -0.2) is 25.9 Å². The summed E-state index contributed by atoms with van der Waals surface area (Å²) >= 11 is 86.5. The topological polar surface area (TPSA) is 0 Å². The summed E-state index contributed by atoms with van der Waals surface area (Å²) in [5.41, 5.74) is 3.79. The fourth-order valence-electron chi connectivity index (χ4n) is 5.45. The van der Waals surface area contributed by atoms with Crippen LogP contribution in [0.15, 0.2) is 117 Å². The van der Waals surface area contributed by atoms with Crippen LogP contribution in [-0.2, 0) is 8.65 Å². The Morgan fingerprint density at radius 2 is 0.509 bits per heavy atom. The van der Waals surface area contributed by atoms with E-state index in [-0.39, 0.29) is 0 Å². The van der Waals surface area contributed by atoms with Crippen molar-refractivity contribution in [3.8, 4) is 0 Å². The Kier molecular flexibility index (Phi) is 19.7. The van der Waals surface area contributed by atoms with Crippen molar-refractivity contribution in [2.45, 2.75) is 34.5 Å². The average molecular weight is 2100 g/mol. The maximum absolute atomic E-state index is 4.28. The zero-order chi connectivity index (χ0) is 42.1. The number of benzene rings is 4. The van der Waals surface area contributed by atoms with Gasteiger partial charge >= 0.3 is 0 Å². The highest BCUT2D eigenvalue weighted by atomic mass is 80.0. The summed E-state index contributed by atoms with van der Waals surface area (Å²) < 4.78 is -8.83. The van der Waals surface area contributed by atoms with Crippen LogP contribution in [0.25, 0.3) is 0 Å². The predicted octanol–water partition coefficient (Wildman–Crippen LogP) is 21.8. The van der Waals surface area contributed by atoms with Crippen molar-refractivity contribution in [3.05, 3.63) is 139 Å². The molecule has 0 N–H and O–H groups in total. The molecule has 21 heteroatoms. The highest BCUT2D eigenvalue weighted by Crippen LogP contribution is 2.81. The third-order valence-electron chi connectivity index (χ3n) is 8.55. The van der Waals surface area contributed by atoms with Gasteiger partial charge in [0, 0.05) is 13.4 Å². The van der Waals surface area contributed by atoms with Crippen LogP contribution in [0.2, 0.25) is 0 Å². The molecule has 0 aromatic heterocycles. The van der Waals surface area contributed by atoms with Crippen molar-refractivity contribution in [2.24, 2.45) is 0 Å². The molecule has 0 bridgehead atoms. The summed E-state index contributed by atoms with van der Waals surface area (Å²) in [7, 11) is 0. The number of halogens is 21. The standard InChI is InChI=1S/C34H17Br21/c35-22-17-16-21(23(36)24(22)37)26(39,20-14-8-3-9-15-20)28(42,43)30(46,47)32(50,51)34(54,55)33(52,53)31(48,49)29(44,45)27(40,41)25(38,18-10-4-1-5-11-18)19-12-6-2-7-13-19/h1-17H. The second-order valence-electron chi connectivity index (χ2n) is 11.7. The highest BCUT2D eigenvalue weighted by molar-refractivity contribution is 9.37. The molecule has 1 unspecified atom stereocenters. The normalized spacial score (nSPS) is 15.5. The van der Waals surface area contributed by atoms with Crippen molar-refractivity contribution < 1.29 is 0 Å². The van der Waals surface area contributed by atoms with E-state index in [1.807, 2.05) is 60.7 Å². The van der Waals surface area contributed by atoms with Gasteiger partial charge in [0.25, 0.3) is 0 Å². The van der Waals surface area contributed by atoms with Crippen LogP contribution in [0.5, 0.6) is 0 Å². The monoisotopic (exact) mass is 2080 g/mol. The molecule has 0 radical (unpaired) electrons. The van der Waals surface area contributed by atoms with E-state index in [1.165, 1.54) is 0 Å². The minimum absolute atomic E-state index is 0.833. The van der Waals surface area contributed by atoms with Gasteiger partial charge in [-0.25, -0.2) is 0 Å². The molecule has 0 fully saturated rings. The molecule has 0 saturated heterocycles. The molecule has 4 aromatic carbocycles. The van der Waals surface area contributed by atoms with E-state index >= 15 is 0 Å². The minimum Gasteiger partial charge on any atom is -0.0723 e. The minimum atomic E-state index is -1.24. The maximum atomic E-state index is 4.28. The molecule has 0 heterocycles. The van der Waals surface area contributed by atoms with E-state index in [0.29, 0.717) is 0 Å². The number of hydrogen-bond donors (Lipinski definition) is 0. The molecule has 4 rings (SSSR count). The second-order valence-corrected chi connectivity index (χ2v) is 44.1. The SMILES string of the molecule is Brc1ccc(C(Br)(c2ccccc2)C(Br)(Br)C(Br)(Br)C(Br)(Br)C(Br)(Br)C(Br)(Br)C(Br)(Br)C(Br)(Br)C(Br)(Br)C(Br)(c2ccccc2)c2ccccc2)c(Br)c1Br. The van der Waals surface area contributed by atoms with Gasteiger partial charge in [-0.1, -0.05) is 384 Å². The van der Waals surface area contributed by atoms with Crippen molar-refractivity contribution in [2.75, 3.05) is 0 Å². The predicted molar refractivity (Wildman–Crippen MR) is 313 cm³/mol. The number of hydrogen-bond acceptors (Lipinski definition) is 0. The fraction of sp³-hybridized carbons (Fsp3) is 0.294. The van der Waals surface area contributed by atoms with Crippen molar-refractivity contribution in [3.63, 3.8) is 0 Å². The lowest BCUT2D eigenvalue weighted by Crippen LogP contribution is -2.71. The van der Waals surface area contributed by atoms with E-state index in [0.717, 1.165) is 35.7 Å². The molecule has 0 aliphatic rings. The van der Waals surface area contributed by atoms with E-state index < -0.39 is 34.5 Å². The Morgan fingerprint density at radius 1 is 0.255 bits per heavy atom. The molecular formula is C34H17Br21. The summed E-state index contributed by atoms with van der Waals surface area (Å²) in [5.74, 6) is 0. The first-order valence-electron chi connectivity index (χ1n) is 14.6. The first-order chi connectivity index (χ1) is 24.9. The summed E-state index contributed by atoms with van der Waals surface area (Å²) in [6.07, 6.45) is 0. The first-order valence-corrected chi connectivity index (χ1v) is 31.3. The van der Waals surface area contributed by atoms with Gasteiger partial charge in [-0.15, -0.1) is 0 Å². The Hall–Kier alpha value is 6.96. The summed E-state index contributed by atoms with van der Waals surface area (Å²) in [6, 6.07) is 34.5. The largest absolute Gasteiger partial charge is 0.135 e. The molecule has 0 saturated carbocycles. The molecule has 0 nitrogen and oxygen atoms in total. The molecule has 0 aliphatic heterocycles. The van der Waals surface area contributed by atoms with E-state index in [9.17, 15) is 0 Å². The van der Waals surface area contributed by atoms with Crippen LogP contribution in [0.1, 0.15) is 22.3 Å². The summed E-state index contributed by atoms with van der Waals surface area (Å²) in [6.45, 7) is 0. The highest BCUT2D eigenvalue weighted by Gasteiger charge is 2.80. The molecule has 1 atom stereocenters. The summed E-state index contributed by atoms with van der Waals surface area (Å²) in [5, 5.41) is 0. The second kappa shape index (κ2) is 19.9. The lowest BCUT2D eigenvalue weighted by atomic mass is 9.85. The van der Waals surface area contributed by atoms with Gasteiger partial charge in [0.15, 0.2) is 0 Å². The third-order valence-corrected chi connectivity index (χ3v) is 51.0. The third kappa shape index (κ3) is 9.06. The zero-order valence-electron chi connectivity index (χ0n) is 26.3. The van der Waals surface area contributed by atoms with Gasteiger partial charge in [-0.2, -0.15) is 0 Å². The van der Waals surface area contributed by atoms with Crippen molar-refractivity contribution in [1.82, 2.24) is 0 Å². The molecule has 4 aromatic rings. The molecular weight excluding hydrogens is 2090 g/mol. The van der Waals surface area contributed by atoms with Gasteiger partial charge in [0.1, 0.15) is 34.5 Å². The Morgan fingerprint density at radius 3 is 0.818 bits per heavy atom. The molecule has 300 valence electrons. The quantitative estimate of drug-likeness (QED) is 0.0924. The Labute approximate surface area is 497 Å². The number of alkyl halides is 18. The summed E-state index contributed by atoms with van der Waals surface area (Å²) in [4.78, 5) is 0. The Balaban J connectivity index is 1.94. The van der Waals surface area contributed by atoms with Crippen molar-refractivity contribution in [1.29, 1.82) is 0 Å². The maximum Gasteiger partial charge on any atom is 0.135 e. The lowest BCUT2D eigenvalue weighted by molar-refractivity contribution is 0.520. The molecule has 0 spiro atoms.